The molecule has 2 aromatic rings. The molecule has 8 heteroatoms. The number of nitrogens with one attached hydrogen (secondary N) is 1. The van der Waals surface area contributed by atoms with E-state index in [0.717, 1.165) is 5.69 Å². The van der Waals surface area contributed by atoms with Crippen LogP contribution in [0.25, 0.3) is 5.52 Å². The molecule has 1 N–H and O–H groups in total. The van der Waals surface area contributed by atoms with Gasteiger partial charge in [-0.1, -0.05) is 32.4 Å². The highest BCUT2D eigenvalue weighted by atomic mass is 35.5. The third-order valence-corrected chi connectivity index (χ3v) is 5.19. The predicted octanol–water partition coefficient (Wildman–Crippen LogP) is 3.55. The number of nitrogens with zero attached hydrogens (tertiary/aromatic N) is 4. The first-order chi connectivity index (χ1) is 11.9. The monoisotopic (exact) mass is 365 g/mol. The lowest BCUT2D eigenvalue weighted by molar-refractivity contribution is 0.0284. The predicted molar refractivity (Wildman–Crippen MR) is 93.7 cm³/mol. The fraction of sp³-hybridized carbons (Fsp3) is 0.588. The van der Waals surface area contributed by atoms with Crippen LogP contribution in [0.4, 0.5) is 10.3 Å². The van der Waals surface area contributed by atoms with E-state index in [1.54, 1.807) is 10.7 Å². The Morgan fingerprint density at radius 2 is 2.24 bits per heavy atom. The van der Waals surface area contributed by atoms with E-state index in [9.17, 15) is 9.65 Å². The topological polar surface area (TPSA) is 75.2 Å². The molecule has 134 valence electrons. The van der Waals surface area contributed by atoms with Gasteiger partial charge < -0.3 is 10.1 Å². The average Bonchev–Trinajstić information content (AvgIpc) is 2.87. The van der Waals surface area contributed by atoms with Crippen LogP contribution in [0.15, 0.2) is 6.20 Å². The molecular weight excluding hydrogens is 345 g/mol. The van der Waals surface area contributed by atoms with Crippen molar-refractivity contribution in [2.75, 3.05) is 18.5 Å². The summed E-state index contributed by atoms with van der Waals surface area (Å²) in [5, 5.41) is 17.4. The zero-order valence-corrected chi connectivity index (χ0v) is 15.2. The van der Waals surface area contributed by atoms with Gasteiger partial charge in [0.15, 0.2) is 0 Å². The zero-order valence-electron chi connectivity index (χ0n) is 14.5. The van der Waals surface area contributed by atoms with Crippen LogP contribution in [0.3, 0.4) is 0 Å². The second-order valence-corrected chi connectivity index (χ2v) is 7.11. The molecule has 0 bridgehead atoms. The molecule has 0 aliphatic carbocycles. The summed E-state index contributed by atoms with van der Waals surface area (Å²) in [6, 6.07) is 1.79. The van der Waals surface area contributed by atoms with Crippen molar-refractivity contribution in [2.45, 2.75) is 45.3 Å². The van der Waals surface area contributed by atoms with Crippen molar-refractivity contribution in [3.63, 3.8) is 0 Å². The molecular formula is C17H21ClFN5O. The second-order valence-electron chi connectivity index (χ2n) is 6.73. The number of halogens is 2. The molecule has 1 unspecified atom stereocenters. The van der Waals surface area contributed by atoms with Gasteiger partial charge in [-0.25, -0.2) is 13.9 Å². The molecule has 1 fully saturated rings. The Morgan fingerprint density at radius 3 is 2.88 bits per heavy atom. The van der Waals surface area contributed by atoms with Gasteiger partial charge in [0, 0.05) is 12.5 Å². The standard InChI is InChI=1S/C17H21ClFN5O/c1-9(2)10(3)16-11(6-20)15(18)14-7-21-17(23-24(14)16)22-13-4-5-25-8-12(13)19/h7,9-10,12-13H,4-5,8H2,1-3H3,(H,22,23)/t10?,12-,13-/m1/s1. The molecule has 6 nitrogen and oxygen atoms in total. The van der Waals surface area contributed by atoms with Crippen molar-refractivity contribution in [1.82, 2.24) is 14.6 Å². The van der Waals surface area contributed by atoms with Crippen molar-refractivity contribution in [2.24, 2.45) is 5.92 Å². The number of hydrogen-bond donors (Lipinski definition) is 1. The summed E-state index contributed by atoms with van der Waals surface area (Å²) in [5.74, 6) is 0.697. The van der Waals surface area contributed by atoms with Crippen LogP contribution in [0, 0.1) is 17.2 Å². The van der Waals surface area contributed by atoms with E-state index in [4.69, 9.17) is 16.3 Å². The number of anilines is 1. The molecule has 0 saturated carbocycles. The normalized spacial score (nSPS) is 22.1. The molecule has 0 aromatic carbocycles. The summed E-state index contributed by atoms with van der Waals surface area (Å²) >= 11 is 6.36. The maximum atomic E-state index is 14.0. The van der Waals surface area contributed by atoms with Crippen LogP contribution < -0.4 is 5.32 Å². The van der Waals surface area contributed by atoms with Gasteiger partial charge in [0.1, 0.15) is 17.8 Å². The first kappa shape index (κ1) is 17.9. The van der Waals surface area contributed by atoms with Crippen molar-refractivity contribution in [1.29, 1.82) is 5.26 Å². The molecule has 0 amide bonds. The van der Waals surface area contributed by atoms with E-state index < -0.39 is 12.2 Å². The number of ether oxygens (including phenoxy) is 1. The Hall–Kier alpha value is -1.91. The van der Waals surface area contributed by atoms with E-state index in [-0.39, 0.29) is 12.5 Å². The lowest BCUT2D eigenvalue weighted by Crippen LogP contribution is -2.39. The fourth-order valence-electron chi connectivity index (χ4n) is 2.97. The van der Waals surface area contributed by atoms with Gasteiger partial charge in [-0.3, -0.25) is 0 Å². The summed E-state index contributed by atoms with van der Waals surface area (Å²) in [6.45, 7) is 6.77. The number of alkyl halides is 1. The lowest BCUT2D eigenvalue weighted by atomic mass is 9.93. The van der Waals surface area contributed by atoms with Crippen molar-refractivity contribution >= 4 is 23.1 Å². The number of hydrogen-bond acceptors (Lipinski definition) is 5. The molecule has 25 heavy (non-hydrogen) atoms. The number of rotatable bonds is 4. The van der Waals surface area contributed by atoms with Gasteiger partial charge in [0.25, 0.3) is 0 Å². The molecule has 0 radical (unpaired) electrons. The van der Waals surface area contributed by atoms with Crippen LogP contribution in [-0.2, 0) is 4.74 Å². The quantitative estimate of drug-likeness (QED) is 0.896. The maximum Gasteiger partial charge on any atom is 0.241 e. The number of aromatic nitrogens is 3. The smallest absolute Gasteiger partial charge is 0.241 e. The van der Waals surface area contributed by atoms with E-state index in [2.05, 4.69) is 35.3 Å². The molecule has 1 aliphatic heterocycles. The molecule has 2 aromatic heterocycles. The van der Waals surface area contributed by atoms with Gasteiger partial charge in [-0.15, -0.1) is 5.10 Å². The van der Waals surface area contributed by atoms with Gasteiger partial charge in [-0.05, 0) is 12.3 Å². The number of fused-ring (bicyclic) bond motifs is 1. The Kier molecular flexibility index (Phi) is 5.11. The highest BCUT2D eigenvalue weighted by Gasteiger charge is 2.28. The fourth-order valence-corrected chi connectivity index (χ4v) is 3.24. The first-order valence-electron chi connectivity index (χ1n) is 8.39. The second kappa shape index (κ2) is 7.14. The minimum absolute atomic E-state index is 0.0729. The summed E-state index contributed by atoms with van der Waals surface area (Å²) in [7, 11) is 0. The van der Waals surface area contributed by atoms with Gasteiger partial charge in [0.05, 0.1) is 35.1 Å². The molecule has 3 rings (SSSR count). The Labute approximate surface area is 150 Å². The molecule has 3 atom stereocenters. The number of nitriles is 1. The van der Waals surface area contributed by atoms with E-state index in [1.165, 1.54) is 0 Å². The average molecular weight is 366 g/mol. The van der Waals surface area contributed by atoms with Crippen LogP contribution in [-0.4, -0.2) is 40.0 Å². The van der Waals surface area contributed by atoms with Crippen LogP contribution in [0.1, 0.15) is 44.4 Å². The Balaban J connectivity index is 2.04. The van der Waals surface area contributed by atoms with Crippen LogP contribution >= 0.6 is 11.6 Å². The largest absolute Gasteiger partial charge is 0.378 e. The van der Waals surface area contributed by atoms with Crippen molar-refractivity contribution in [3.8, 4) is 6.07 Å². The third-order valence-electron chi connectivity index (χ3n) is 4.81. The van der Waals surface area contributed by atoms with Crippen LogP contribution in [0.2, 0.25) is 5.02 Å². The van der Waals surface area contributed by atoms with Gasteiger partial charge in [-0.2, -0.15) is 5.26 Å². The van der Waals surface area contributed by atoms with E-state index in [1.807, 2.05) is 6.92 Å². The SMILES string of the molecule is CC(C)C(C)c1c(C#N)c(Cl)c2cnc(N[C@@H]3CCOC[C@H]3F)nn12. The van der Waals surface area contributed by atoms with Gasteiger partial charge >= 0.3 is 0 Å². The maximum absolute atomic E-state index is 14.0. The summed E-state index contributed by atoms with van der Waals surface area (Å²) < 4.78 is 20.7. The third kappa shape index (κ3) is 3.29. The minimum Gasteiger partial charge on any atom is -0.378 e. The van der Waals surface area contributed by atoms with Gasteiger partial charge in [0.2, 0.25) is 5.95 Å². The Morgan fingerprint density at radius 1 is 1.48 bits per heavy atom. The van der Waals surface area contributed by atoms with E-state index in [0.29, 0.717) is 41.0 Å². The van der Waals surface area contributed by atoms with Crippen molar-refractivity contribution in [3.05, 3.63) is 22.5 Å². The summed E-state index contributed by atoms with van der Waals surface area (Å²) in [4.78, 5) is 4.24. The van der Waals surface area contributed by atoms with Crippen molar-refractivity contribution < 1.29 is 9.13 Å². The first-order valence-corrected chi connectivity index (χ1v) is 8.77. The highest BCUT2D eigenvalue weighted by molar-refractivity contribution is 6.35. The molecule has 3 heterocycles. The minimum atomic E-state index is -1.11. The Bertz CT molecular complexity index is 815. The van der Waals surface area contributed by atoms with Crippen LogP contribution in [0.5, 0.6) is 0 Å². The lowest BCUT2D eigenvalue weighted by Gasteiger charge is -2.26. The zero-order chi connectivity index (χ0) is 18.1. The molecule has 1 saturated heterocycles. The molecule has 1 aliphatic rings. The highest BCUT2D eigenvalue weighted by Crippen LogP contribution is 2.35. The summed E-state index contributed by atoms with van der Waals surface area (Å²) in [5.41, 5.74) is 1.76. The molecule has 0 spiro atoms. The van der Waals surface area contributed by atoms with E-state index >= 15 is 0 Å². The summed E-state index contributed by atoms with van der Waals surface area (Å²) in [6.07, 6.45) is 1.01.